The fourth-order valence-corrected chi connectivity index (χ4v) is 8.67. The second-order valence-corrected chi connectivity index (χ2v) is 15.0. The molecule has 16 heteroatoms. The second kappa shape index (κ2) is 17.4. The molecule has 5 aromatic rings. The lowest BCUT2D eigenvalue weighted by Crippen LogP contribution is -2.61. The Balaban J connectivity index is 1.53. The molecule has 59 heavy (non-hydrogen) atoms. The number of nitrogens with zero attached hydrogens (tertiary/aromatic N) is 2. The third-order valence-corrected chi connectivity index (χ3v) is 11.3. The number of carbonyl (C=O) groups is 1. The van der Waals surface area contributed by atoms with Gasteiger partial charge in [0.15, 0.2) is 6.10 Å². The van der Waals surface area contributed by atoms with Gasteiger partial charge in [-0.3, -0.25) is 19.8 Å². The Morgan fingerprint density at radius 2 is 1.44 bits per heavy atom. The molecule has 6 atom stereocenters. The highest BCUT2D eigenvalue weighted by Crippen LogP contribution is 2.53. The summed E-state index contributed by atoms with van der Waals surface area (Å²) in [6, 6.07) is 30.8. The standard InChI is InChI=1S/C43H45N4O11P/c1-4-5-11-26-56-39-33-15-10-9-14-32(33)38(50)47(39)43(52)36(49)35(57-40(43)46-25-24-34(48)45-41(46)51)37(58-59(44)53)42(27-12-7-6-8-13-27,28-16-20-30(54-2)21-17-28)29-18-22-31(55-3)23-19-29/h6-10,12-25,35-37,40,49,52-53H,4-5,11,26,44H2,1-3H3/p+1/t35-,36+,37?,40+,43+,59?/m0/s1. The minimum absolute atomic E-state index is 0.0738. The molecule has 6 N–H and O–H groups in total. The number of amides is 1. The molecule has 0 bridgehead atoms. The van der Waals surface area contributed by atoms with Crippen LogP contribution in [0, 0.1) is 0 Å². The maximum absolute atomic E-state index is 14.6. The zero-order valence-corrected chi connectivity index (χ0v) is 33.5. The molecule has 1 aromatic heterocycles. The topological polar surface area (TPSA) is 208 Å². The van der Waals surface area contributed by atoms with E-state index in [9.17, 15) is 29.5 Å². The van der Waals surface area contributed by atoms with Crippen LogP contribution in [0.1, 0.15) is 65.0 Å². The Hall–Kier alpha value is -5.51. The maximum Gasteiger partial charge on any atom is 0.426 e. The zero-order chi connectivity index (χ0) is 41.9. The molecule has 1 saturated heterocycles. The van der Waals surface area contributed by atoms with E-state index < -0.39 is 61.4 Å². The number of H-pyrrole nitrogens is 1. The number of unbranched alkanes of at least 4 members (excludes halogenated alkanes) is 2. The predicted octanol–water partition coefficient (Wildman–Crippen LogP) is 3.92. The van der Waals surface area contributed by atoms with E-state index in [1.165, 1.54) is 14.2 Å². The third-order valence-electron chi connectivity index (χ3n) is 10.9. The molecule has 2 aliphatic heterocycles. The monoisotopic (exact) mass is 825 g/mol. The zero-order valence-electron chi connectivity index (χ0n) is 32.6. The summed E-state index contributed by atoms with van der Waals surface area (Å²) >= 11 is 0. The summed E-state index contributed by atoms with van der Waals surface area (Å²) in [5.41, 5.74) is 2.20. The van der Waals surface area contributed by atoms with Crippen molar-refractivity contribution in [3.8, 4) is 11.5 Å². The quantitative estimate of drug-likeness (QED) is 0.0441. The van der Waals surface area contributed by atoms with Gasteiger partial charge in [-0.2, -0.15) is 0 Å². The van der Waals surface area contributed by atoms with Crippen molar-refractivity contribution in [3.05, 3.63) is 164 Å². The Kier molecular flexibility index (Phi) is 12.3. The van der Waals surface area contributed by atoms with E-state index in [0.717, 1.165) is 34.2 Å². The van der Waals surface area contributed by atoms with Gasteiger partial charge in [0.25, 0.3) is 14.1 Å². The number of benzene rings is 4. The van der Waals surface area contributed by atoms with Gasteiger partial charge in [0.05, 0.1) is 26.2 Å². The van der Waals surface area contributed by atoms with Gasteiger partial charge in [0, 0.05) is 12.3 Å². The minimum Gasteiger partial charge on any atom is -0.497 e. The number of methoxy groups -OCH3 is 2. The largest absolute Gasteiger partial charge is 0.497 e. The number of hydrogen-bond acceptors (Lipinski definition) is 12. The SMILES string of the molecule is CCCCCOC1=[N+]([C@@]2(O)[C@H](O)[C@@H](C(OP(N)O)C(c3ccccc3)(c3ccc(OC)cc3)c3ccc(OC)cc3)O[C@H]2n2ccc(=O)[nH]c2=O)C(=O)c2ccccc21. The normalized spacial score (nSPS) is 21.3. The lowest BCUT2D eigenvalue weighted by atomic mass is 9.64. The van der Waals surface area contributed by atoms with Crippen molar-refractivity contribution >= 4 is 20.3 Å². The third kappa shape index (κ3) is 7.40. The van der Waals surface area contributed by atoms with Gasteiger partial charge < -0.3 is 38.6 Å². The summed E-state index contributed by atoms with van der Waals surface area (Å²) in [4.78, 5) is 53.9. The van der Waals surface area contributed by atoms with Crippen LogP contribution in [0.4, 0.5) is 0 Å². The van der Waals surface area contributed by atoms with Crippen molar-refractivity contribution in [2.45, 2.75) is 61.9 Å². The van der Waals surface area contributed by atoms with Crippen LogP contribution in [0.15, 0.2) is 125 Å². The van der Waals surface area contributed by atoms with Gasteiger partial charge >= 0.3 is 23.2 Å². The van der Waals surface area contributed by atoms with E-state index in [4.69, 9.17) is 29.0 Å². The first-order valence-electron chi connectivity index (χ1n) is 19.1. The summed E-state index contributed by atoms with van der Waals surface area (Å²) in [5, 5.41) is 26.3. The van der Waals surface area contributed by atoms with Crippen molar-refractivity contribution in [1.82, 2.24) is 9.55 Å². The molecule has 0 radical (unpaired) electrons. The van der Waals surface area contributed by atoms with Crippen LogP contribution in [0.5, 0.6) is 11.5 Å². The molecule has 1 fully saturated rings. The van der Waals surface area contributed by atoms with Crippen LogP contribution in [-0.4, -0.2) is 85.9 Å². The summed E-state index contributed by atoms with van der Waals surface area (Å²) in [6.07, 6.45) is -3.92. The Morgan fingerprint density at radius 3 is 2.00 bits per heavy atom. The van der Waals surface area contributed by atoms with Crippen molar-refractivity contribution in [2.75, 3.05) is 20.8 Å². The van der Waals surface area contributed by atoms with E-state index in [1.54, 1.807) is 84.9 Å². The van der Waals surface area contributed by atoms with E-state index in [0.29, 0.717) is 40.2 Å². The molecule has 0 aliphatic carbocycles. The maximum atomic E-state index is 14.6. The van der Waals surface area contributed by atoms with Crippen molar-refractivity contribution in [2.24, 2.45) is 5.50 Å². The molecule has 2 aliphatic rings. The predicted molar refractivity (Wildman–Crippen MR) is 217 cm³/mol. The lowest BCUT2D eigenvalue weighted by molar-refractivity contribution is -0.609. The highest BCUT2D eigenvalue weighted by Gasteiger charge is 2.72. The van der Waals surface area contributed by atoms with E-state index in [-0.39, 0.29) is 18.1 Å². The number of rotatable bonds is 15. The average Bonchev–Trinajstić information content (AvgIpc) is 3.68. The summed E-state index contributed by atoms with van der Waals surface area (Å²) in [5.74, 6) is 0.239. The van der Waals surface area contributed by atoms with Crippen LogP contribution in [-0.2, 0) is 19.4 Å². The van der Waals surface area contributed by atoms with E-state index >= 15 is 0 Å². The second-order valence-electron chi connectivity index (χ2n) is 14.2. The smallest absolute Gasteiger partial charge is 0.426 e. The van der Waals surface area contributed by atoms with Crippen LogP contribution in [0.2, 0.25) is 0 Å². The molecule has 3 heterocycles. The highest BCUT2D eigenvalue weighted by atomic mass is 31.2. The van der Waals surface area contributed by atoms with Gasteiger partial charge in [-0.25, -0.2) is 9.59 Å². The molecule has 0 saturated carbocycles. The molecule has 4 aromatic carbocycles. The van der Waals surface area contributed by atoms with Gasteiger partial charge in [0.1, 0.15) is 34.8 Å². The summed E-state index contributed by atoms with van der Waals surface area (Å²) in [6.45, 7) is 2.18. The fraction of sp³-hybridized carbons (Fsp3) is 0.302. The van der Waals surface area contributed by atoms with Gasteiger partial charge in [0.2, 0.25) is 6.23 Å². The number of carbonyl (C=O) groups excluding carboxylic acids is 1. The molecular formula is C43H46N4O11P+. The van der Waals surface area contributed by atoms with Crippen LogP contribution in [0.3, 0.4) is 0 Å². The number of aliphatic hydroxyl groups excluding tert-OH is 1. The highest BCUT2D eigenvalue weighted by molar-refractivity contribution is 7.43. The number of aromatic amines is 1. The number of ether oxygens (including phenoxy) is 4. The lowest BCUT2D eigenvalue weighted by Gasteiger charge is -2.45. The minimum atomic E-state index is -2.85. The molecule has 15 nitrogen and oxygen atoms in total. The molecule has 2 unspecified atom stereocenters. The Bertz CT molecular complexity index is 2370. The van der Waals surface area contributed by atoms with Crippen molar-refractivity contribution < 1.29 is 47.9 Å². The average molecular weight is 826 g/mol. The summed E-state index contributed by atoms with van der Waals surface area (Å²) < 4.78 is 32.2. The van der Waals surface area contributed by atoms with Crippen LogP contribution in [0.25, 0.3) is 0 Å². The first-order chi connectivity index (χ1) is 28.5. The van der Waals surface area contributed by atoms with Crippen molar-refractivity contribution in [1.29, 1.82) is 0 Å². The van der Waals surface area contributed by atoms with Crippen molar-refractivity contribution in [3.63, 3.8) is 0 Å². The Labute approximate surface area is 340 Å². The first kappa shape index (κ1) is 41.6. The fourth-order valence-electron chi connectivity index (χ4n) is 8.15. The number of aliphatic hydroxyl groups is 2. The van der Waals surface area contributed by atoms with Gasteiger partial charge in [-0.05, 0) is 59.5 Å². The van der Waals surface area contributed by atoms with Gasteiger partial charge in [-0.1, -0.05) is 91.1 Å². The van der Waals surface area contributed by atoms with Crippen LogP contribution >= 0.6 is 8.53 Å². The van der Waals surface area contributed by atoms with E-state index in [2.05, 4.69) is 4.98 Å². The molecule has 0 spiro atoms. The van der Waals surface area contributed by atoms with Crippen LogP contribution < -0.4 is 26.2 Å². The molecule has 7 rings (SSSR count). The molecular weight excluding hydrogens is 779 g/mol. The van der Waals surface area contributed by atoms with Gasteiger partial charge in [-0.15, -0.1) is 0 Å². The number of aromatic nitrogens is 2. The molecule has 1 amide bonds. The first-order valence-corrected chi connectivity index (χ1v) is 20.3. The number of nitrogens with one attached hydrogen (secondary N) is 1. The Morgan fingerprint density at radius 1 is 0.864 bits per heavy atom. The number of nitrogens with two attached hydrogens (primary N) is 1. The van der Waals surface area contributed by atoms with E-state index in [1.807, 2.05) is 25.1 Å². The molecule has 308 valence electrons. The summed E-state index contributed by atoms with van der Waals surface area (Å²) in [7, 11) is 0.293. The number of fused-ring (bicyclic) bond motifs is 1. The number of hydrogen-bond donors (Lipinski definition) is 5.